The third kappa shape index (κ3) is 6.44. The molecule has 1 atom stereocenters. The Hall–Kier alpha value is -3.07. The van der Waals surface area contributed by atoms with E-state index in [0.29, 0.717) is 28.9 Å². The first-order chi connectivity index (χ1) is 17.6. The van der Waals surface area contributed by atoms with Crippen molar-refractivity contribution >= 4 is 35.0 Å². The molecule has 0 bridgehead atoms. The molecule has 0 aliphatic rings. The summed E-state index contributed by atoms with van der Waals surface area (Å²) in [6.07, 6.45) is 0. The van der Waals surface area contributed by atoms with Crippen LogP contribution < -0.4 is 4.74 Å². The van der Waals surface area contributed by atoms with Gasteiger partial charge in [-0.3, -0.25) is 14.7 Å². The van der Waals surface area contributed by atoms with Gasteiger partial charge >= 0.3 is 0 Å². The summed E-state index contributed by atoms with van der Waals surface area (Å²) in [4.78, 5) is 11.2. The SMILES string of the molecule is Cc1ccc(COc2c(Cl)cc([C@@H](C[N+](=O)[O-])Sc3nnc(C)n3-c3ccc(C)c(C)c3)cc2Cl)cc1. The second-order valence-electron chi connectivity index (χ2n) is 8.84. The molecule has 0 spiro atoms. The number of thioether (sulfide) groups is 1. The normalized spacial score (nSPS) is 11.9. The lowest BCUT2D eigenvalue weighted by molar-refractivity contribution is -0.479. The Balaban J connectivity index is 1.62. The topological polar surface area (TPSA) is 83.1 Å². The molecule has 10 heteroatoms. The lowest BCUT2D eigenvalue weighted by Crippen LogP contribution is -2.11. The lowest BCUT2D eigenvalue weighted by Gasteiger charge is -2.17. The number of hydrogen-bond donors (Lipinski definition) is 0. The molecule has 0 amide bonds. The minimum Gasteiger partial charge on any atom is -0.486 e. The van der Waals surface area contributed by atoms with Gasteiger partial charge in [-0.25, -0.2) is 0 Å². The van der Waals surface area contributed by atoms with Crippen LogP contribution in [0, 0.1) is 37.8 Å². The van der Waals surface area contributed by atoms with Gasteiger partial charge in [0.15, 0.2) is 10.9 Å². The molecule has 0 radical (unpaired) electrons. The summed E-state index contributed by atoms with van der Waals surface area (Å²) in [5.41, 5.74) is 5.93. The Kier molecular flexibility index (Phi) is 8.42. The van der Waals surface area contributed by atoms with Gasteiger partial charge in [0.2, 0.25) is 6.54 Å². The van der Waals surface area contributed by atoms with E-state index in [-0.39, 0.29) is 21.5 Å². The molecule has 0 unspecified atom stereocenters. The Labute approximate surface area is 229 Å². The molecular weight excluding hydrogens is 531 g/mol. The van der Waals surface area contributed by atoms with Crippen LogP contribution in [0.4, 0.5) is 0 Å². The molecule has 4 rings (SSSR count). The molecule has 192 valence electrons. The number of aryl methyl sites for hydroxylation is 4. The van der Waals surface area contributed by atoms with Crippen LogP contribution in [0.25, 0.3) is 5.69 Å². The lowest BCUT2D eigenvalue weighted by atomic mass is 10.1. The molecule has 0 fully saturated rings. The number of rotatable bonds is 9. The second-order valence-corrected chi connectivity index (χ2v) is 10.8. The molecule has 0 aliphatic heterocycles. The molecule has 0 N–H and O–H groups in total. The monoisotopic (exact) mass is 556 g/mol. The van der Waals surface area contributed by atoms with E-state index in [0.717, 1.165) is 22.4 Å². The first-order valence-corrected chi connectivity index (χ1v) is 13.2. The quantitative estimate of drug-likeness (QED) is 0.120. The van der Waals surface area contributed by atoms with Gasteiger partial charge in [-0.15, -0.1) is 10.2 Å². The van der Waals surface area contributed by atoms with Crippen LogP contribution in [0.5, 0.6) is 5.75 Å². The average Bonchev–Trinajstić information content (AvgIpc) is 3.20. The summed E-state index contributed by atoms with van der Waals surface area (Å²) in [7, 11) is 0. The summed E-state index contributed by atoms with van der Waals surface area (Å²) >= 11 is 14.3. The highest BCUT2D eigenvalue weighted by Crippen LogP contribution is 2.42. The molecule has 3 aromatic carbocycles. The van der Waals surface area contributed by atoms with Crippen molar-refractivity contribution in [1.29, 1.82) is 0 Å². The van der Waals surface area contributed by atoms with Crippen molar-refractivity contribution in [3.63, 3.8) is 0 Å². The third-order valence-corrected chi connectivity index (χ3v) is 7.74. The van der Waals surface area contributed by atoms with Crippen LogP contribution in [0.2, 0.25) is 10.0 Å². The fourth-order valence-electron chi connectivity index (χ4n) is 3.80. The van der Waals surface area contributed by atoms with E-state index in [9.17, 15) is 10.1 Å². The molecule has 1 heterocycles. The molecule has 0 saturated heterocycles. The number of hydrogen-bond acceptors (Lipinski definition) is 6. The van der Waals surface area contributed by atoms with Crippen LogP contribution in [-0.2, 0) is 6.61 Å². The van der Waals surface area contributed by atoms with Crippen molar-refractivity contribution in [1.82, 2.24) is 14.8 Å². The van der Waals surface area contributed by atoms with Crippen molar-refractivity contribution in [3.05, 3.63) is 108 Å². The van der Waals surface area contributed by atoms with Crippen LogP contribution in [0.1, 0.15) is 38.9 Å². The summed E-state index contributed by atoms with van der Waals surface area (Å²) in [6, 6.07) is 17.4. The molecular formula is C27H26Cl2N4O3S. The largest absolute Gasteiger partial charge is 0.486 e. The van der Waals surface area contributed by atoms with Gasteiger partial charge in [-0.2, -0.15) is 0 Å². The van der Waals surface area contributed by atoms with Gasteiger partial charge in [0.1, 0.15) is 17.7 Å². The van der Waals surface area contributed by atoms with Gasteiger partial charge in [-0.05, 0) is 74.2 Å². The molecule has 7 nitrogen and oxygen atoms in total. The van der Waals surface area contributed by atoms with Crippen LogP contribution in [0.15, 0.2) is 59.8 Å². The highest BCUT2D eigenvalue weighted by atomic mass is 35.5. The number of ether oxygens (including phenoxy) is 1. The Morgan fingerprint density at radius 1 is 0.973 bits per heavy atom. The molecule has 0 saturated carbocycles. The van der Waals surface area contributed by atoms with E-state index in [1.54, 1.807) is 12.1 Å². The first kappa shape index (κ1) is 27.0. The van der Waals surface area contributed by atoms with Crippen LogP contribution in [-0.4, -0.2) is 26.2 Å². The third-order valence-electron chi connectivity index (χ3n) is 6.00. The van der Waals surface area contributed by atoms with Crippen molar-refractivity contribution in [2.45, 2.75) is 44.7 Å². The highest BCUT2D eigenvalue weighted by Gasteiger charge is 2.26. The van der Waals surface area contributed by atoms with E-state index >= 15 is 0 Å². The maximum atomic E-state index is 11.6. The van der Waals surface area contributed by atoms with Gasteiger partial charge in [-0.1, -0.05) is 70.9 Å². The fraction of sp³-hybridized carbons (Fsp3) is 0.259. The number of nitrogens with zero attached hydrogens (tertiary/aromatic N) is 4. The maximum Gasteiger partial charge on any atom is 0.220 e. The molecule has 4 aromatic rings. The zero-order chi connectivity index (χ0) is 26.7. The summed E-state index contributed by atoms with van der Waals surface area (Å²) < 4.78 is 7.79. The smallest absolute Gasteiger partial charge is 0.220 e. The minimum atomic E-state index is -0.606. The second kappa shape index (κ2) is 11.5. The van der Waals surface area contributed by atoms with Crippen molar-refractivity contribution in [2.75, 3.05) is 6.54 Å². The zero-order valence-corrected chi connectivity index (χ0v) is 23.2. The van der Waals surface area contributed by atoms with E-state index in [2.05, 4.69) is 10.2 Å². The number of halogens is 2. The number of nitro groups is 1. The summed E-state index contributed by atoms with van der Waals surface area (Å²) in [5, 5.41) is 20.6. The Bertz CT molecular complexity index is 1420. The van der Waals surface area contributed by atoms with Gasteiger partial charge in [0.25, 0.3) is 0 Å². The standard InChI is InChI=1S/C27H26Cl2N4O3S/c1-16-5-8-20(9-6-16)15-36-26-23(28)12-21(13-24(26)29)25(14-32(34)35)37-27-31-30-19(4)33(27)22-10-7-17(2)18(3)11-22/h5-13,25H,14-15H2,1-4H3/t25-/m1/s1. The highest BCUT2D eigenvalue weighted by molar-refractivity contribution is 7.99. The summed E-state index contributed by atoms with van der Waals surface area (Å²) in [6.45, 7) is 7.89. The Morgan fingerprint density at radius 2 is 1.65 bits per heavy atom. The number of benzene rings is 3. The maximum absolute atomic E-state index is 11.6. The first-order valence-electron chi connectivity index (χ1n) is 11.6. The van der Waals surface area contributed by atoms with Crippen molar-refractivity contribution < 1.29 is 9.66 Å². The number of aromatic nitrogens is 3. The van der Waals surface area contributed by atoms with E-state index in [1.165, 1.54) is 17.3 Å². The van der Waals surface area contributed by atoms with Crippen molar-refractivity contribution in [2.24, 2.45) is 0 Å². The Morgan fingerprint density at radius 3 is 2.27 bits per heavy atom. The summed E-state index contributed by atoms with van der Waals surface area (Å²) in [5.74, 6) is 1.02. The van der Waals surface area contributed by atoms with Gasteiger partial charge < -0.3 is 4.74 Å². The molecule has 0 aliphatic carbocycles. The van der Waals surface area contributed by atoms with Crippen molar-refractivity contribution in [3.8, 4) is 11.4 Å². The predicted octanol–water partition coefficient (Wildman–Crippen LogP) is 7.50. The molecule has 37 heavy (non-hydrogen) atoms. The fourth-order valence-corrected chi connectivity index (χ4v) is 5.56. The van der Waals surface area contributed by atoms with Crippen LogP contribution in [0.3, 0.4) is 0 Å². The van der Waals surface area contributed by atoms with Gasteiger partial charge in [0, 0.05) is 10.6 Å². The van der Waals surface area contributed by atoms with Crippen LogP contribution >= 0.6 is 35.0 Å². The van der Waals surface area contributed by atoms with Gasteiger partial charge in [0.05, 0.1) is 10.0 Å². The zero-order valence-electron chi connectivity index (χ0n) is 20.9. The predicted molar refractivity (Wildman–Crippen MR) is 148 cm³/mol. The molecule has 1 aromatic heterocycles. The van der Waals surface area contributed by atoms with E-state index in [4.69, 9.17) is 27.9 Å². The van der Waals surface area contributed by atoms with E-state index < -0.39 is 5.25 Å². The average molecular weight is 558 g/mol. The van der Waals surface area contributed by atoms with E-state index in [1.807, 2.05) is 74.7 Å². The minimum absolute atomic E-state index is 0.287.